The molecule has 2 unspecified atom stereocenters. The lowest BCUT2D eigenvalue weighted by atomic mass is 10.1. The summed E-state index contributed by atoms with van der Waals surface area (Å²) in [5.41, 5.74) is 0. The lowest BCUT2D eigenvalue weighted by Gasteiger charge is -2.28. The molecule has 0 bridgehead atoms. The van der Waals surface area contributed by atoms with Gasteiger partial charge in [0.25, 0.3) is 0 Å². The third kappa shape index (κ3) is 4.70. The molecule has 0 aromatic carbocycles. The van der Waals surface area contributed by atoms with Gasteiger partial charge in [0.15, 0.2) is 0 Å². The van der Waals surface area contributed by atoms with E-state index in [1.807, 2.05) is 0 Å². The molecule has 0 spiro atoms. The van der Waals surface area contributed by atoms with Crippen LogP contribution in [0.15, 0.2) is 0 Å². The van der Waals surface area contributed by atoms with Crippen LogP contribution in [-0.2, 0) is 4.74 Å². The van der Waals surface area contributed by atoms with Crippen molar-refractivity contribution < 1.29 is 4.74 Å². The third-order valence-electron chi connectivity index (χ3n) is 2.79. The van der Waals surface area contributed by atoms with Gasteiger partial charge in [0.1, 0.15) is 0 Å². The van der Waals surface area contributed by atoms with E-state index in [2.05, 4.69) is 25.6 Å². The van der Waals surface area contributed by atoms with E-state index in [-0.39, 0.29) is 0 Å². The van der Waals surface area contributed by atoms with Crippen LogP contribution in [0, 0.1) is 0 Å². The molecule has 0 radical (unpaired) electrons. The van der Waals surface area contributed by atoms with Crippen molar-refractivity contribution in [2.24, 2.45) is 0 Å². The van der Waals surface area contributed by atoms with Crippen molar-refractivity contribution in [2.45, 2.75) is 63.7 Å². The van der Waals surface area contributed by atoms with Gasteiger partial charge in [-0.05, 0) is 12.8 Å². The van der Waals surface area contributed by atoms with Gasteiger partial charge in [0.05, 0.1) is 12.7 Å². The fourth-order valence-electron chi connectivity index (χ4n) is 1.78. The van der Waals surface area contributed by atoms with Crippen LogP contribution < -0.4 is 0 Å². The predicted molar refractivity (Wildman–Crippen MR) is 65.0 cm³/mol. The molecule has 1 rings (SSSR count). The standard InChI is InChI=1S/C12H24OS/c1-3-5-7-11-10-14-12(9-13-11)8-6-4-2/h11-12H,3-10H2,1-2H3. The van der Waals surface area contributed by atoms with Crippen LogP contribution in [-0.4, -0.2) is 23.7 Å². The third-order valence-corrected chi connectivity index (χ3v) is 4.20. The van der Waals surface area contributed by atoms with E-state index in [9.17, 15) is 0 Å². The summed E-state index contributed by atoms with van der Waals surface area (Å²) in [5, 5.41) is 0.785. The van der Waals surface area contributed by atoms with E-state index in [0.717, 1.165) is 11.9 Å². The Balaban J connectivity index is 2.05. The van der Waals surface area contributed by atoms with Gasteiger partial charge >= 0.3 is 0 Å². The molecule has 14 heavy (non-hydrogen) atoms. The number of hydrogen-bond donors (Lipinski definition) is 0. The molecule has 0 amide bonds. The maximum atomic E-state index is 5.87. The Hall–Kier alpha value is 0.310. The first kappa shape index (κ1) is 12.4. The van der Waals surface area contributed by atoms with E-state index in [0.29, 0.717) is 6.10 Å². The molecule has 0 aliphatic carbocycles. The van der Waals surface area contributed by atoms with Gasteiger partial charge in [-0.3, -0.25) is 0 Å². The van der Waals surface area contributed by atoms with Gasteiger partial charge in [0, 0.05) is 11.0 Å². The van der Waals surface area contributed by atoms with E-state index in [4.69, 9.17) is 4.74 Å². The van der Waals surface area contributed by atoms with E-state index < -0.39 is 0 Å². The van der Waals surface area contributed by atoms with Crippen molar-refractivity contribution in [3.63, 3.8) is 0 Å². The number of rotatable bonds is 6. The highest BCUT2D eigenvalue weighted by Crippen LogP contribution is 2.26. The number of hydrogen-bond acceptors (Lipinski definition) is 2. The van der Waals surface area contributed by atoms with Gasteiger partial charge < -0.3 is 4.74 Å². The minimum absolute atomic E-state index is 0.554. The van der Waals surface area contributed by atoms with Crippen LogP contribution in [0.25, 0.3) is 0 Å². The van der Waals surface area contributed by atoms with Crippen LogP contribution >= 0.6 is 11.8 Å². The molecular weight excluding hydrogens is 192 g/mol. The second kappa shape index (κ2) is 7.58. The summed E-state index contributed by atoms with van der Waals surface area (Å²) in [7, 11) is 0. The topological polar surface area (TPSA) is 9.23 Å². The molecule has 1 nitrogen and oxygen atoms in total. The first-order valence-corrected chi connectivity index (χ1v) is 7.14. The first-order chi connectivity index (χ1) is 6.86. The number of ether oxygens (including phenoxy) is 1. The first-order valence-electron chi connectivity index (χ1n) is 6.10. The van der Waals surface area contributed by atoms with Crippen molar-refractivity contribution in [3.05, 3.63) is 0 Å². The average Bonchev–Trinajstić information content (AvgIpc) is 2.25. The van der Waals surface area contributed by atoms with Crippen LogP contribution in [0.2, 0.25) is 0 Å². The Kier molecular flexibility index (Phi) is 6.70. The fourth-order valence-corrected chi connectivity index (χ4v) is 3.04. The zero-order chi connectivity index (χ0) is 10.2. The lowest BCUT2D eigenvalue weighted by molar-refractivity contribution is 0.0544. The fraction of sp³-hybridized carbons (Fsp3) is 1.00. The molecule has 84 valence electrons. The molecule has 1 aliphatic heterocycles. The molecule has 1 fully saturated rings. The highest BCUT2D eigenvalue weighted by molar-refractivity contribution is 8.00. The summed E-state index contributed by atoms with van der Waals surface area (Å²) in [6.45, 7) is 5.51. The van der Waals surface area contributed by atoms with Crippen LogP contribution in [0.1, 0.15) is 52.4 Å². The molecule has 2 atom stereocenters. The van der Waals surface area contributed by atoms with Gasteiger partial charge in [-0.25, -0.2) is 0 Å². The SMILES string of the molecule is CCCCC1CSC(CCCC)CO1. The zero-order valence-corrected chi connectivity index (χ0v) is 10.4. The van der Waals surface area contributed by atoms with Gasteiger partial charge in [-0.15, -0.1) is 0 Å². The van der Waals surface area contributed by atoms with Crippen molar-refractivity contribution >= 4 is 11.8 Å². The zero-order valence-electron chi connectivity index (χ0n) is 9.63. The van der Waals surface area contributed by atoms with Crippen molar-refractivity contribution in [1.82, 2.24) is 0 Å². The van der Waals surface area contributed by atoms with Gasteiger partial charge in [0.2, 0.25) is 0 Å². The lowest BCUT2D eigenvalue weighted by Crippen LogP contribution is -2.29. The largest absolute Gasteiger partial charge is 0.376 e. The number of thioether (sulfide) groups is 1. The summed E-state index contributed by atoms with van der Waals surface area (Å²) in [4.78, 5) is 0. The minimum Gasteiger partial charge on any atom is -0.376 e. The second-order valence-electron chi connectivity index (χ2n) is 4.20. The van der Waals surface area contributed by atoms with Crippen LogP contribution in [0.5, 0.6) is 0 Å². The maximum Gasteiger partial charge on any atom is 0.0666 e. The highest BCUT2D eigenvalue weighted by atomic mass is 32.2. The van der Waals surface area contributed by atoms with Crippen molar-refractivity contribution in [2.75, 3.05) is 12.4 Å². The Morgan fingerprint density at radius 2 is 1.86 bits per heavy atom. The quantitative estimate of drug-likeness (QED) is 0.666. The van der Waals surface area contributed by atoms with Crippen molar-refractivity contribution in [3.8, 4) is 0 Å². The van der Waals surface area contributed by atoms with E-state index in [1.165, 1.54) is 44.3 Å². The normalized spacial score (nSPS) is 27.9. The van der Waals surface area contributed by atoms with Crippen molar-refractivity contribution in [1.29, 1.82) is 0 Å². The molecule has 1 aliphatic rings. The molecular formula is C12H24OS. The predicted octanol–water partition coefficient (Wildman–Crippen LogP) is 3.87. The molecule has 2 heteroatoms. The summed E-state index contributed by atoms with van der Waals surface area (Å²) in [6, 6.07) is 0. The molecule has 0 N–H and O–H groups in total. The molecule has 0 aromatic heterocycles. The summed E-state index contributed by atoms with van der Waals surface area (Å²) in [6.07, 6.45) is 8.47. The molecule has 1 saturated heterocycles. The Morgan fingerprint density at radius 3 is 2.43 bits per heavy atom. The Morgan fingerprint density at radius 1 is 1.14 bits per heavy atom. The Labute approximate surface area is 93.0 Å². The maximum absolute atomic E-state index is 5.87. The Bertz CT molecular complexity index is 114. The van der Waals surface area contributed by atoms with Gasteiger partial charge in [-0.1, -0.05) is 39.5 Å². The van der Waals surface area contributed by atoms with E-state index >= 15 is 0 Å². The monoisotopic (exact) mass is 216 g/mol. The summed E-state index contributed by atoms with van der Waals surface area (Å²) < 4.78 is 5.87. The molecule has 0 saturated carbocycles. The number of unbranched alkanes of at least 4 members (excludes halogenated alkanes) is 2. The average molecular weight is 216 g/mol. The van der Waals surface area contributed by atoms with E-state index in [1.54, 1.807) is 0 Å². The minimum atomic E-state index is 0.554. The second-order valence-corrected chi connectivity index (χ2v) is 5.53. The smallest absolute Gasteiger partial charge is 0.0666 e. The van der Waals surface area contributed by atoms with Gasteiger partial charge in [-0.2, -0.15) is 11.8 Å². The highest BCUT2D eigenvalue weighted by Gasteiger charge is 2.20. The van der Waals surface area contributed by atoms with Crippen LogP contribution in [0.3, 0.4) is 0 Å². The van der Waals surface area contributed by atoms with Crippen LogP contribution in [0.4, 0.5) is 0 Å². The molecule has 0 aromatic rings. The molecule has 1 heterocycles. The summed E-state index contributed by atoms with van der Waals surface area (Å²) >= 11 is 2.14. The summed E-state index contributed by atoms with van der Waals surface area (Å²) in [5.74, 6) is 1.23.